The first-order valence-electron chi connectivity index (χ1n) is 11.7. The van der Waals surface area contributed by atoms with Crippen molar-refractivity contribution in [3.05, 3.63) is 35.4 Å². The van der Waals surface area contributed by atoms with Gasteiger partial charge in [0.1, 0.15) is 5.78 Å². The Labute approximate surface area is 175 Å². The molecule has 4 unspecified atom stereocenters. The van der Waals surface area contributed by atoms with E-state index in [4.69, 9.17) is 0 Å². The quantitative estimate of drug-likeness (QED) is 0.788. The van der Waals surface area contributed by atoms with Gasteiger partial charge in [-0.1, -0.05) is 30.7 Å². The molecular weight excluding hydrogens is 360 g/mol. The summed E-state index contributed by atoms with van der Waals surface area (Å²) in [4.78, 5) is 27.3. The highest BCUT2D eigenvalue weighted by Crippen LogP contribution is 2.31. The minimum atomic E-state index is -0.136. The van der Waals surface area contributed by atoms with Gasteiger partial charge in [-0.2, -0.15) is 0 Å². The smallest absolute Gasteiger partial charge is 0.227 e. The van der Waals surface area contributed by atoms with Crippen LogP contribution in [-0.4, -0.2) is 42.3 Å². The second kappa shape index (κ2) is 9.42. The number of nitrogens with one attached hydrogen (secondary N) is 1. The van der Waals surface area contributed by atoms with E-state index in [2.05, 4.69) is 34.5 Å². The largest absolute Gasteiger partial charge is 0.355 e. The lowest BCUT2D eigenvalue weighted by atomic mass is 9.83. The van der Waals surface area contributed by atoms with E-state index in [1.807, 2.05) is 6.92 Å². The van der Waals surface area contributed by atoms with Crippen molar-refractivity contribution in [2.75, 3.05) is 19.6 Å². The van der Waals surface area contributed by atoms with E-state index < -0.39 is 0 Å². The van der Waals surface area contributed by atoms with Crippen LogP contribution in [0, 0.1) is 11.8 Å². The normalized spacial score (nSPS) is 28.7. The van der Waals surface area contributed by atoms with E-state index in [1.165, 1.54) is 50.8 Å². The molecule has 1 aromatic carbocycles. The molecule has 1 N–H and O–H groups in total. The van der Waals surface area contributed by atoms with Crippen LogP contribution in [0.2, 0.25) is 0 Å². The molecule has 29 heavy (non-hydrogen) atoms. The Morgan fingerprint density at radius 1 is 1.07 bits per heavy atom. The third-order valence-corrected chi connectivity index (χ3v) is 7.55. The van der Waals surface area contributed by atoms with Crippen molar-refractivity contribution in [3.63, 3.8) is 0 Å². The van der Waals surface area contributed by atoms with Crippen LogP contribution >= 0.6 is 0 Å². The Morgan fingerprint density at radius 2 is 1.86 bits per heavy atom. The molecular formula is C25H36N2O2. The number of benzene rings is 1. The number of ketones is 1. The Bertz CT molecular complexity index is 712. The fraction of sp³-hybridized carbons (Fsp3) is 0.680. The molecule has 0 bridgehead atoms. The number of rotatable bonds is 6. The minimum absolute atomic E-state index is 0.136. The molecule has 1 amide bonds. The Kier molecular flexibility index (Phi) is 6.69. The Balaban J connectivity index is 1.29. The van der Waals surface area contributed by atoms with Crippen molar-refractivity contribution in [2.45, 2.75) is 76.7 Å². The van der Waals surface area contributed by atoms with Gasteiger partial charge in [-0.15, -0.1) is 0 Å². The summed E-state index contributed by atoms with van der Waals surface area (Å²) in [5.41, 5.74) is 2.27. The predicted octanol–water partition coefficient (Wildman–Crippen LogP) is 4.08. The maximum atomic E-state index is 12.8. The third kappa shape index (κ3) is 4.91. The first-order valence-corrected chi connectivity index (χ1v) is 11.7. The van der Waals surface area contributed by atoms with Crippen LogP contribution in [0.15, 0.2) is 24.3 Å². The fourth-order valence-corrected chi connectivity index (χ4v) is 5.68. The lowest BCUT2D eigenvalue weighted by Gasteiger charge is -2.44. The molecule has 3 fully saturated rings. The summed E-state index contributed by atoms with van der Waals surface area (Å²) in [5, 5.41) is 3.25. The summed E-state index contributed by atoms with van der Waals surface area (Å²) in [5.74, 6) is 1.23. The standard InChI is InChI=1S/C25H36N2O2/c1-18(20-12-10-19(11-13-20)16-21-6-4-9-24(21)28)25(29)26-17-22-7-5-15-27-14-3-2-8-23(22)27/h10-13,18,21-23H,2-9,14-17H2,1H3,(H,26,29). The van der Waals surface area contributed by atoms with Crippen LogP contribution in [0.1, 0.15) is 75.3 Å². The van der Waals surface area contributed by atoms with Crippen LogP contribution in [0.5, 0.6) is 0 Å². The predicted molar refractivity (Wildman–Crippen MR) is 116 cm³/mol. The number of carbonyl (C=O) groups excluding carboxylic acids is 2. The van der Waals surface area contributed by atoms with E-state index in [1.54, 1.807) is 0 Å². The average molecular weight is 397 g/mol. The van der Waals surface area contributed by atoms with Gasteiger partial charge in [-0.05, 0) is 82.0 Å². The Morgan fingerprint density at radius 3 is 2.62 bits per heavy atom. The zero-order chi connectivity index (χ0) is 20.2. The van der Waals surface area contributed by atoms with Gasteiger partial charge in [0.15, 0.2) is 0 Å². The molecule has 1 aliphatic carbocycles. The molecule has 0 spiro atoms. The number of hydrogen-bond acceptors (Lipinski definition) is 3. The molecule has 2 heterocycles. The van der Waals surface area contributed by atoms with Gasteiger partial charge in [-0.3, -0.25) is 9.59 Å². The first-order chi connectivity index (χ1) is 14.1. The van der Waals surface area contributed by atoms with Gasteiger partial charge < -0.3 is 10.2 Å². The maximum absolute atomic E-state index is 12.8. The third-order valence-electron chi connectivity index (χ3n) is 7.55. The van der Waals surface area contributed by atoms with Crippen LogP contribution in [0.4, 0.5) is 0 Å². The zero-order valence-electron chi connectivity index (χ0n) is 17.9. The second-order valence-electron chi connectivity index (χ2n) is 9.47. The Hall–Kier alpha value is -1.68. The topological polar surface area (TPSA) is 49.4 Å². The summed E-state index contributed by atoms with van der Waals surface area (Å²) in [6.07, 6.45) is 10.1. The van der Waals surface area contributed by atoms with E-state index in [0.29, 0.717) is 17.7 Å². The highest BCUT2D eigenvalue weighted by atomic mass is 16.1. The molecule has 4 rings (SSSR count). The summed E-state index contributed by atoms with van der Waals surface area (Å²) >= 11 is 0. The number of amides is 1. The van der Waals surface area contributed by atoms with Crippen LogP contribution in [0.25, 0.3) is 0 Å². The van der Waals surface area contributed by atoms with Crippen molar-refractivity contribution < 1.29 is 9.59 Å². The number of Topliss-reactive ketones (excluding diaryl/α,β-unsaturated/α-hetero) is 1. The van der Waals surface area contributed by atoms with Crippen molar-refractivity contribution in [3.8, 4) is 0 Å². The van der Waals surface area contributed by atoms with Gasteiger partial charge in [0.2, 0.25) is 5.91 Å². The van der Waals surface area contributed by atoms with E-state index in [9.17, 15) is 9.59 Å². The van der Waals surface area contributed by atoms with Gasteiger partial charge >= 0.3 is 0 Å². The minimum Gasteiger partial charge on any atom is -0.355 e. The van der Waals surface area contributed by atoms with Crippen molar-refractivity contribution >= 4 is 11.7 Å². The maximum Gasteiger partial charge on any atom is 0.227 e. The average Bonchev–Trinajstić information content (AvgIpc) is 3.16. The second-order valence-corrected chi connectivity index (χ2v) is 9.47. The van der Waals surface area contributed by atoms with Gasteiger partial charge in [0.05, 0.1) is 5.92 Å². The van der Waals surface area contributed by atoms with E-state index >= 15 is 0 Å². The summed E-state index contributed by atoms with van der Waals surface area (Å²) < 4.78 is 0. The number of nitrogens with zero attached hydrogens (tertiary/aromatic N) is 1. The van der Waals surface area contributed by atoms with Gasteiger partial charge in [0, 0.05) is 24.9 Å². The molecule has 4 atom stereocenters. The molecule has 4 heteroatoms. The molecule has 3 aliphatic rings. The van der Waals surface area contributed by atoms with Crippen LogP contribution in [-0.2, 0) is 16.0 Å². The van der Waals surface area contributed by atoms with Crippen molar-refractivity contribution in [1.82, 2.24) is 10.2 Å². The SMILES string of the molecule is CC(C(=O)NCC1CCCN2CCCCC12)c1ccc(CC2CCCC2=O)cc1. The van der Waals surface area contributed by atoms with Crippen LogP contribution < -0.4 is 5.32 Å². The van der Waals surface area contributed by atoms with E-state index in [0.717, 1.165) is 37.8 Å². The van der Waals surface area contributed by atoms with Gasteiger partial charge in [0.25, 0.3) is 0 Å². The molecule has 0 radical (unpaired) electrons. The van der Waals surface area contributed by atoms with Gasteiger partial charge in [-0.25, -0.2) is 0 Å². The van der Waals surface area contributed by atoms with Crippen molar-refractivity contribution in [1.29, 1.82) is 0 Å². The number of carbonyl (C=O) groups is 2. The molecule has 158 valence electrons. The summed E-state index contributed by atoms with van der Waals surface area (Å²) in [6, 6.07) is 9.02. The van der Waals surface area contributed by atoms with Crippen LogP contribution in [0.3, 0.4) is 0 Å². The lowest BCUT2D eigenvalue weighted by molar-refractivity contribution is -0.122. The van der Waals surface area contributed by atoms with Crippen molar-refractivity contribution in [2.24, 2.45) is 11.8 Å². The van der Waals surface area contributed by atoms with E-state index in [-0.39, 0.29) is 17.7 Å². The molecule has 1 saturated carbocycles. The number of fused-ring (bicyclic) bond motifs is 1. The lowest BCUT2D eigenvalue weighted by Crippen LogP contribution is -2.51. The molecule has 2 saturated heterocycles. The molecule has 2 aliphatic heterocycles. The highest BCUT2D eigenvalue weighted by molar-refractivity contribution is 5.83. The number of piperidine rings is 2. The molecule has 0 aromatic heterocycles. The summed E-state index contributed by atoms with van der Waals surface area (Å²) in [7, 11) is 0. The molecule has 1 aromatic rings. The number of hydrogen-bond donors (Lipinski definition) is 1. The monoisotopic (exact) mass is 396 g/mol. The molecule has 4 nitrogen and oxygen atoms in total. The summed E-state index contributed by atoms with van der Waals surface area (Å²) in [6.45, 7) is 5.29. The zero-order valence-corrected chi connectivity index (χ0v) is 17.9. The first kappa shape index (κ1) is 20.6. The highest BCUT2D eigenvalue weighted by Gasteiger charge is 2.33. The fourth-order valence-electron chi connectivity index (χ4n) is 5.68.